The lowest BCUT2D eigenvalue weighted by Gasteiger charge is -2.31. The zero-order valence-electron chi connectivity index (χ0n) is 16.6. The Bertz CT molecular complexity index is 848. The standard InChI is InChI=1S/C20H27N5O3/c1-4-28-20(27)17-12-25(23-15(17)3)13-24-10-6-8-16(11-24)19(26)22-18-9-5-7-14(2)21-18/h5,7,9,12,16H,4,6,8,10-11,13H2,1-3H3,(H,21,22,26). The predicted molar refractivity (Wildman–Crippen MR) is 105 cm³/mol. The second-order valence-electron chi connectivity index (χ2n) is 7.10. The number of aromatic nitrogens is 3. The van der Waals surface area contributed by atoms with Crippen LogP contribution in [0.2, 0.25) is 0 Å². The fraction of sp³-hybridized carbons (Fsp3) is 0.500. The summed E-state index contributed by atoms with van der Waals surface area (Å²) in [6, 6.07) is 5.58. The van der Waals surface area contributed by atoms with Crippen molar-refractivity contribution in [2.45, 2.75) is 40.3 Å². The van der Waals surface area contributed by atoms with Gasteiger partial charge in [-0.1, -0.05) is 6.07 Å². The first-order chi connectivity index (χ1) is 13.5. The molecule has 0 aromatic carbocycles. The van der Waals surface area contributed by atoms with Crippen LogP contribution in [0.1, 0.15) is 41.5 Å². The lowest BCUT2D eigenvalue weighted by molar-refractivity contribution is -0.121. The molecule has 28 heavy (non-hydrogen) atoms. The molecule has 8 heteroatoms. The fourth-order valence-electron chi connectivity index (χ4n) is 3.44. The summed E-state index contributed by atoms with van der Waals surface area (Å²) in [6.45, 7) is 7.88. The van der Waals surface area contributed by atoms with Gasteiger partial charge in [0.15, 0.2) is 0 Å². The average Bonchev–Trinajstić information content (AvgIpc) is 3.02. The summed E-state index contributed by atoms with van der Waals surface area (Å²) in [5.74, 6) is 0.126. The minimum absolute atomic E-state index is 0.00772. The monoisotopic (exact) mass is 385 g/mol. The molecule has 1 aliphatic rings. The number of rotatable bonds is 6. The maximum absolute atomic E-state index is 12.6. The molecule has 0 radical (unpaired) electrons. The van der Waals surface area contributed by atoms with Crippen LogP contribution in [-0.4, -0.2) is 51.2 Å². The van der Waals surface area contributed by atoms with Crippen LogP contribution in [0.4, 0.5) is 5.82 Å². The van der Waals surface area contributed by atoms with Crippen molar-refractivity contribution in [3.8, 4) is 0 Å². The SMILES string of the molecule is CCOC(=O)c1cn(CN2CCCC(C(=O)Nc3cccc(C)n3)C2)nc1C. The zero-order valence-corrected chi connectivity index (χ0v) is 16.6. The largest absolute Gasteiger partial charge is 0.462 e. The van der Waals surface area contributed by atoms with Gasteiger partial charge in [-0.05, 0) is 52.3 Å². The highest BCUT2D eigenvalue weighted by Crippen LogP contribution is 2.19. The summed E-state index contributed by atoms with van der Waals surface area (Å²) in [5.41, 5.74) is 2.00. The lowest BCUT2D eigenvalue weighted by Crippen LogP contribution is -2.41. The minimum Gasteiger partial charge on any atom is -0.462 e. The van der Waals surface area contributed by atoms with Crippen molar-refractivity contribution in [1.82, 2.24) is 19.7 Å². The van der Waals surface area contributed by atoms with Crippen molar-refractivity contribution in [3.63, 3.8) is 0 Å². The van der Waals surface area contributed by atoms with E-state index < -0.39 is 0 Å². The number of ether oxygens (including phenoxy) is 1. The van der Waals surface area contributed by atoms with Crippen LogP contribution in [0, 0.1) is 19.8 Å². The molecule has 1 saturated heterocycles. The second-order valence-corrected chi connectivity index (χ2v) is 7.10. The summed E-state index contributed by atoms with van der Waals surface area (Å²) >= 11 is 0. The number of pyridine rings is 1. The third-order valence-electron chi connectivity index (χ3n) is 4.80. The van der Waals surface area contributed by atoms with E-state index in [0.717, 1.165) is 25.1 Å². The Morgan fingerprint density at radius 3 is 2.89 bits per heavy atom. The molecular weight excluding hydrogens is 358 g/mol. The number of nitrogens with zero attached hydrogens (tertiary/aromatic N) is 4. The maximum Gasteiger partial charge on any atom is 0.341 e. The summed E-state index contributed by atoms with van der Waals surface area (Å²) in [5, 5.41) is 7.34. The van der Waals surface area contributed by atoms with Crippen molar-refractivity contribution in [2.24, 2.45) is 5.92 Å². The number of amides is 1. The van der Waals surface area contributed by atoms with Crippen LogP contribution in [0.3, 0.4) is 0 Å². The van der Waals surface area contributed by atoms with Gasteiger partial charge in [0.2, 0.25) is 5.91 Å². The van der Waals surface area contributed by atoms with Gasteiger partial charge in [0.25, 0.3) is 0 Å². The van der Waals surface area contributed by atoms with E-state index in [-0.39, 0.29) is 17.8 Å². The molecule has 0 aliphatic carbocycles. The van der Waals surface area contributed by atoms with Gasteiger partial charge in [-0.15, -0.1) is 0 Å². The molecule has 0 saturated carbocycles. The molecule has 1 aliphatic heterocycles. The van der Waals surface area contributed by atoms with Gasteiger partial charge in [0.05, 0.1) is 24.9 Å². The van der Waals surface area contributed by atoms with Gasteiger partial charge >= 0.3 is 5.97 Å². The van der Waals surface area contributed by atoms with Crippen LogP contribution in [0.5, 0.6) is 0 Å². The zero-order chi connectivity index (χ0) is 20.1. The highest BCUT2D eigenvalue weighted by molar-refractivity contribution is 5.92. The van der Waals surface area contributed by atoms with Crippen molar-refractivity contribution in [1.29, 1.82) is 0 Å². The number of esters is 1. The molecule has 3 heterocycles. The van der Waals surface area contributed by atoms with Gasteiger partial charge in [-0.2, -0.15) is 5.10 Å². The first kappa shape index (κ1) is 20.0. The van der Waals surface area contributed by atoms with E-state index in [1.807, 2.05) is 19.1 Å². The first-order valence-electron chi connectivity index (χ1n) is 9.64. The van der Waals surface area contributed by atoms with Crippen molar-refractivity contribution < 1.29 is 14.3 Å². The van der Waals surface area contributed by atoms with E-state index >= 15 is 0 Å². The normalized spacial score (nSPS) is 17.3. The number of nitrogens with one attached hydrogen (secondary N) is 1. The third kappa shape index (κ3) is 4.95. The Kier molecular flexibility index (Phi) is 6.41. The summed E-state index contributed by atoms with van der Waals surface area (Å²) in [6.07, 6.45) is 3.50. The Morgan fingerprint density at radius 1 is 1.32 bits per heavy atom. The molecule has 1 unspecified atom stereocenters. The summed E-state index contributed by atoms with van der Waals surface area (Å²) < 4.78 is 6.80. The molecule has 1 amide bonds. The third-order valence-corrected chi connectivity index (χ3v) is 4.80. The number of hydrogen-bond donors (Lipinski definition) is 1. The molecule has 0 bridgehead atoms. The number of anilines is 1. The number of piperidine rings is 1. The molecule has 2 aromatic rings. The molecule has 2 aromatic heterocycles. The highest BCUT2D eigenvalue weighted by Gasteiger charge is 2.26. The van der Waals surface area contributed by atoms with E-state index in [0.29, 0.717) is 36.9 Å². The van der Waals surface area contributed by atoms with Crippen molar-refractivity contribution >= 4 is 17.7 Å². The molecule has 0 spiro atoms. The average molecular weight is 385 g/mol. The van der Waals surface area contributed by atoms with Gasteiger partial charge in [0.1, 0.15) is 11.4 Å². The molecule has 8 nitrogen and oxygen atoms in total. The van der Waals surface area contributed by atoms with Crippen molar-refractivity contribution in [2.75, 3.05) is 25.0 Å². The van der Waals surface area contributed by atoms with Crippen LogP contribution < -0.4 is 5.32 Å². The van der Waals surface area contributed by atoms with E-state index in [4.69, 9.17) is 4.74 Å². The minimum atomic E-state index is -0.354. The molecule has 1 fully saturated rings. The highest BCUT2D eigenvalue weighted by atomic mass is 16.5. The molecule has 1 N–H and O–H groups in total. The Labute approximate surface area is 164 Å². The smallest absolute Gasteiger partial charge is 0.341 e. The summed E-state index contributed by atoms with van der Waals surface area (Å²) in [7, 11) is 0. The number of carbonyl (C=O) groups excluding carboxylic acids is 2. The molecule has 3 rings (SSSR count). The lowest BCUT2D eigenvalue weighted by atomic mass is 9.97. The van der Waals surface area contributed by atoms with Crippen LogP contribution in [0.15, 0.2) is 24.4 Å². The van der Waals surface area contributed by atoms with Gasteiger partial charge in [-0.25, -0.2) is 9.78 Å². The fourth-order valence-corrected chi connectivity index (χ4v) is 3.44. The number of carbonyl (C=O) groups is 2. The quantitative estimate of drug-likeness (QED) is 0.768. The Balaban J connectivity index is 1.60. The molecule has 150 valence electrons. The second kappa shape index (κ2) is 8.97. The van der Waals surface area contributed by atoms with Crippen LogP contribution >= 0.6 is 0 Å². The van der Waals surface area contributed by atoms with Crippen LogP contribution in [-0.2, 0) is 16.2 Å². The van der Waals surface area contributed by atoms with Gasteiger partial charge in [-0.3, -0.25) is 14.4 Å². The number of likely N-dealkylation sites (tertiary alicyclic amines) is 1. The summed E-state index contributed by atoms with van der Waals surface area (Å²) in [4.78, 5) is 31.1. The molecular formula is C20H27N5O3. The Hall–Kier alpha value is -2.74. The number of hydrogen-bond acceptors (Lipinski definition) is 6. The van der Waals surface area contributed by atoms with E-state index in [9.17, 15) is 9.59 Å². The van der Waals surface area contributed by atoms with E-state index in [2.05, 4.69) is 20.3 Å². The van der Waals surface area contributed by atoms with Crippen LogP contribution in [0.25, 0.3) is 0 Å². The van der Waals surface area contributed by atoms with E-state index in [1.165, 1.54) is 0 Å². The number of aryl methyl sites for hydroxylation is 2. The molecule has 1 atom stereocenters. The predicted octanol–water partition coefficient (Wildman–Crippen LogP) is 2.38. The maximum atomic E-state index is 12.6. The van der Waals surface area contributed by atoms with Gasteiger partial charge in [0, 0.05) is 18.4 Å². The van der Waals surface area contributed by atoms with Gasteiger partial charge < -0.3 is 10.1 Å². The van der Waals surface area contributed by atoms with Crippen molar-refractivity contribution in [3.05, 3.63) is 41.3 Å². The topological polar surface area (TPSA) is 89.4 Å². The van der Waals surface area contributed by atoms with E-state index in [1.54, 1.807) is 30.8 Å². The first-order valence-corrected chi connectivity index (χ1v) is 9.64. The Morgan fingerprint density at radius 2 is 2.14 bits per heavy atom.